The summed E-state index contributed by atoms with van der Waals surface area (Å²) in [7, 11) is -2.20. The Bertz CT molecular complexity index is 502. The fraction of sp³-hybridized carbons (Fsp3) is 0.444. The van der Waals surface area contributed by atoms with Crippen molar-refractivity contribution >= 4 is 27.6 Å². The highest BCUT2D eigenvalue weighted by molar-refractivity contribution is 8.00. The van der Waals surface area contributed by atoms with Crippen LogP contribution in [0.3, 0.4) is 0 Å². The van der Waals surface area contributed by atoms with Crippen LogP contribution < -0.4 is 10.0 Å². The predicted molar refractivity (Wildman–Crippen MR) is 67.5 cm³/mol. The monoisotopic (exact) mass is 315 g/mol. The number of rotatable bonds is 6. The van der Waals surface area contributed by atoms with Gasteiger partial charge in [0.05, 0.1) is 0 Å². The fourth-order valence-corrected chi connectivity index (χ4v) is 2.65. The van der Waals surface area contributed by atoms with Gasteiger partial charge in [-0.1, -0.05) is 0 Å². The normalized spacial score (nSPS) is 12.4. The maximum atomic E-state index is 11.9. The Morgan fingerprint density at radius 1 is 1.37 bits per heavy atom. The van der Waals surface area contributed by atoms with Crippen molar-refractivity contribution in [2.45, 2.75) is 10.4 Å². The third-order valence-electron chi connectivity index (χ3n) is 1.96. The molecule has 0 fully saturated rings. The van der Waals surface area contributed by atoms with E-state index in [0.29, 0.717) is 5.82 Å². The van der Waals surface area contributed by atoms with E-state index in [4.69, 9.17) is 0 Å². The smallest absolute Gasteiger partial charge is 0.373 e. The second kappa shape index (κ2) is 6.44. The SMILES string of the molecule is CNc1ccc(S(=O)(=O)NCCSC(F)(F)F)cn1. The molecule has 0 saturated heterocycles. The van der Waals surface area contributed by atoms with E-state index in [1.54, 1.807) is 7.05 Å². The first kappa shape index (κ1) is 16.1. The number of nitrogens with one attached hydrogen (secondary N) is 2. The first-order valence-corrected chi connectivity index (χ1v) is 7.55. The molecule has 0 atom stereocenters. The molecule has 1 aromatic heterocycles. The summed E-state index contributed by atoms with van der Waals surface area (Å²) >= 11 is -0.277. The summed E-state index contributed by atoms with van der Waals surface area (Å²) in [6.07, 6.45) is 1.13. The summed E-state index contributed by atoms with van der Waals surface area (Å²) in [5, 5.41) is 2.72. The quantitative estimate of drug-likeness (QED) is 0.781. The fourth-order valence-electron chi connectivity index (χ4n) is 1.11. The minimum Gasteiger partial charge on any atom is -0.373 e. The Balaban J connectivity index is 2.56. The number of aromatic nitrogens is 1. The third kappa shape index (κ3) is 5.66. The lowest BCUT2D eigenvalue weighted by Gasteiger charge is -2.08. The van der Waals surface area contributed by atoms with Crippen LogP contribution in [0.25, 0.3) is 0 Å². The molecule has 0 unspecified atom stereocenters. The van der Waals surface area contributed by atoms with Crippen LogP contribution >= 0.6 is 11.8 Å². The zero-order chi connectivity index (χ0) is 14.5. The Hall–Kier alpha value is -1.00. The van der Waals surface area contributed by atoms with Gasteiger partial charge in [0.25, 0.3) is 0 Å². The molecule has 1 aromatic rings. The van der Waals surface area contributed by atoms with E-state index in [9.17, 15) is 21.6 Å². The van der Waals surface area contributed by atoms with Crippen molar-refractivity contribution in [2.24, 2.45) is 0 Å². The maximum Gasteiger partial charge on any atom is 0.441 e. The number of anilines is 1. The number of nitrogens with zero attached hydrogens (tertiary/aromatic N) is 1. The van der Waals surface area contributed by atoms with E-state index in [-0.39, 0.29) is 29.0 Å². The van der Waals surface area contributed by atoms with Gasteiger partial charge in [0.1, 0.15) is 10.7 Å². The van der Waals surface area contributed by atoms with Gasteiger partial charge in [0, 0.05) is 25.5 Å². The molecular formula is C9H12F3N3O2S2. The number of thioether (sulfide) groups is 1. The summed E-state index contributed by atoms with van der Waals surface area (Å²) in [4.78, 5) is 3.72. The summed E-state index contributed by atoms with van der Waals surface area (Å²) in [5.74, 6) is 0.108. The van der Waals surface area contributed by atoms with E-state index in [0.717, 1.165) is 6.20 Å². The van der Waals surface area contributed by atoms with Gasteiger partial charge in [0.15, 0.2) is 0 Å². The maximum absolute atomic E-state index is 11.9. The van der Waals surface area contributed by atoms with Crippen molar-refractivity contribution in [3.63, 3.8) is 0 Å². The van der Waals surface area contributed by atoms with Crippen LogP contribution in [0.5, 0.6) is 0 Å². The minimum absolute atomic E-state index is 0.0940. The van der Waals surface area contributed by atoms with Crippen LogP contribution in [-0.4, -0.2) is 38.3 Å². The van der Waals surface area contributed by atoms with Gasteiger partial charge < -0.3 is 5.32 Å². The average Bonchev–Trinajstić information content (AvgIpc) is 2.34. The van der Waals surface area contributed by atoms with Gasteiger partial charge in [-0.2, -0.15) is 13.2 Å². The second-order valence-electron chi connectivity index (χ2n) is 3.32. The lowest BCUT2D eigenvalue weighted by molar-refractivity contribution is -0.0327. The van der Waals surface area contributed by atoms with Crippen LogP contribution in [-0.2, 0) is 10.0 Å². The molecule has 0 saturated carbocycles. The van der Waals surface area contributed by atoms with Crippen molar-refractivity contribution < 1.29 is 21.6 Å². The standard InChI is InChI=1S/C9H12F3N3O2S2/c1-13-8-3-2-7(6-14-8)19(16,17)15-4-5-18-9(10,11)12/h2-3,6,15H,4-5H2,1H3,(H,13,14). The number of sulfonamides is 1. The molecular weight excluding hydrogens is 303 g/mol. The Kier molecular flexibility index (Phi) is 5.44. The highest BCUT2D eigenvalue weighted by Gasteiger charge is 2.27. The first-order valence-electron chi connectivity index (χ1n) is 5.09. The van der Waals surface area contributed by atoms with Crippen molar-refractivity contribution in [3.05, 3.63) is 18.3 Å². The summed E-state index contributed by atoms with van der Waals surface area (Å²) in [6, 6.07) is 2.77. The third-order valence-corrected chi connectivity index (χ3v) is 4.14. The van der Waals surface area contributed by atoms with Gasteiger partial charge in [-0.15, -0.1) is 0 Å². The van der Waals surface area contributed by atoms with Gasteiger partial charge in [-0.3, -0.25) is 0 Å². The average molecular weight is 315 g/mol. The second-order valence-corrected chi connectivity index (χ2v) is 6.25. The molecule has 0 radical (unpaired) electrons. The Morgan fingerprint density at radius 3 is 2.53 bits per heavy atom. The zero-order valence-corrected chi connectivity index (χ0v) is 11.5. The van der Waals surface area contributed by atoms with Gasteiger partial charge in [0.2, 0.25) is 10.0 Å². The summed E-state index contributed by atoms with van der Waals surface area (Å²) in [5.41, 5.74) is -4.36. The van der Waals surface area contributed by atoms with E-state index in [1.165, 1.54) is 12.1 Å². The molecule has 1 heterocycles. The predicted octanol–water partition coefficient (Wildman–Crippen LogP) is 1.65. The van der Waals surface area contributed by atoms with Crippen molar-refractivity contribution in [2.75, 3.05) is 24.7 Å². The first-order chi connectivity index (χ1) is 8.74. The highest BCUT2D eigenvalue weighted by Crippen LogP contribution is 2.29. The molecule has 108 valence electrons. The molecule has 1 rings (SSSR count). The molecule has 0 aromatic carbocycles. The molecule has 0 amide bonds. The van der Waals surface area contributed by atoms with Gasteiger partial charge in [-0.25, -0.2) is 18.1 Å². The van der Waals surface area contributed by atoms with Crippen LogP contribution in [0, 0.1) is 0 Å². The van der Waals surface area contributed by atoms with Gasteiger partial charge >= 0.3 is 5.51 Å². The van der Waals surface area contributed by atoms with Crippen molar-refractivity contribution in [1.29, 1.82) is 0 Å². The largest absolute Gasteiger partial charge is 0.441 e. The lowest BCUT2D eigenvalue weighted by atomic mass is 10.5. The van der Waals surface area contributed by atoms with Crippen LogP contribution in [0.15, 0.2) is 23.2 Å². The van der Waals surface area contributed by atoms with E-state index < -0.39 is 15.5 Å². The summed E-state index contributed by atoms with van der Waals surface area (Å²) < 4.78 is 61.0. The number of hydrogen-bond acceptors (Lipinski definition) is 5. The van der Waals surface area contributed by atoms with E-state index in [2.05, 4.69) is 15.0 Å². The minimum atomic E-state index is -4.36. The molecule has 0 aliphatic rings. The van der Waals surface area contributed by atoms with E-state index >= 15 is 0 Å². The van der Waals surface area contributed by atoms with E-state index in [1.807, 2.05) is 0 Å². The molecule has 5 nitrogen and oxygen atoms in total. The molecule has 2 N–H and O–H groups in total. The molecule has 0 aliphatic carbocycles. The van der Waals surface area contributed by atoms with Crippen LogP contribution in [0.1, 0.15) is 0 Å². The topological polar surface area (TPSA) is 71.1 Å². The number of pyridine rings is 1. The van der Waals surface area contributed by atoms with Crippen molar-refractivity contribution in [1.82, 2.24) is 9.71 Å². The van der Waals surface area contributed by atoms with Crippen LogP contribution in [0.2, 0.25) is 0 Å². The molecule has 0 aliphatic heterocycles. The molecule has 19 heavy (non-hydrogen) atoms. The van der Waals surface area contributed by atoms with Gasteiger partial charge in [-0.05, 0) is 23.9 Å². The summed E-state index contributed by atoms with van der Waals surface area (Å²) in [6.45, 7) is -0.305. The van der Waals surface area contributed by atoms with Crippen molar-refractivity contribution in [3.8, 4) is 0 Å². The number of hydrogen-bond donors (Lipinski definition) is 2. The number of alkyl halides is 3. The number of halogens is 3. The highest BCUT2D eigenvalue weighted by atomic mass is 32.2. The Morgan fingerprint density at radius 2 is 2.05 bits per heavy atom. The zero-order valence-electron chi connectivity index (χ0n) is 9.86. The molecule has 0 spiro atoms. The lowest BCUT2D eigenvalue weighted by Crippen LogP contribution is -2.26. The van der Waals surface area contributed by atoms with Crippen LogP contribution in [0.4, 0.5) is 19.0 Å². The molecule has 0 bridgehead atoms. The molecule has 10 heteroatoms. The Labute approximate surface area is 113 Å².